The van der Waals surface area contributed by atoms with Crippen molar-refractivity contribution in [3.8, 4) is 0 Å². The number of nitrogens with one attached hydrogen (secondary N) is 1. The first-order valence-corrected chi connectivity index (χ1v) is 8.41. The number of nitrogens with zero attached hydrogens (tertiary/aromatic N) is 4. The SMILES string of the molecule is Cc1nn(C)c2ncc(NC(=O)c3cccn3Cc3ccccc3)cc12. The van der Waals surface area contributed by atoms with Crippen LogP contribution in [0.15, 0.2) is 60.9 Å². The van der Waals surface area contributed by atoms with Crippen LogP contribution in [-0.4, -0.2) is 25.2 Å². The van der Waals surface area contributed by atoms with Gasteiger partial charge in [0, 0.05) is 25.2 Å². The second-order valence-electron chi connectivity index (χ2n) is 6.27. The Morgan fingerprint density at radius 2 is 1.96 bits per heavy atom. The molecule has 1 N–H and O–H groups in total. The number of amides is 1. The second kappa shape index (κ2) is 6.48. The zero-order valence-corrected chi connectivity index (χ0v) is 14.7. The largest absolute Gasteiger partial charge is 0.339 e. The summed E-state index contributed by atoms with van der Waals surface area (Å²) >= 11 is 0. The van der Waals surface area contributed by atoms with Crippen LogP contribution in [-0.2, 0) is 13.6 Å². The number of rotatable bonds is 4. The Kier molecular flexibility index (Phi) is 4.01. The quantitative estimate of drug-likeness (QED) is 0.617. The van der Waals surface area contributed by atoms with Gasteiger partial charge in [0.05, 0.1) is 17.6 Å². The van der Waals surface area contributed by atoms with Crippen molar-refractivity contribution in [3.63, 3.8) is 0 Å². The summed E-state index contributed by atoms with van der Waals surface area (Å²) in [6, 6.07) is 15.7. The maximum atomic E-state index is 12.7. The summed E-state index contributed by atoms with van der Waals surface area (Å²) in [5, 5.41) is 8.23. The lowest BCUT2D eigenvalue weighted by Crippen LogP contribution is -2.17. The van der Waals surface area contributed by atoms with Gasteiger partial charge in [-0.2, -0.15) is 5.10 Å². The molecule has 0 aliphatic carbocycles. The van der Waals surface area contributed by atoms with E-state index < -0.39 is 0 Å². The first-order valence-electron chi connectivity index (χ1n) is 8.41. The molecule has 3 aromatic heterocycles. The maximum absolute atomic E-state index is 12.7. The van der Waals surface area contributed by atoms with E-state index >= 15 is 0 Å². The molecule has 1 aromatic carbocycles. The van der Waals surface area contributed by atoms with E-state index in [0.29, 0.717) is 17.9 Å². The molecule has 0 atom stereocenters. The van der Waals surface area contributed by atoms with Crippen LogP contribution in [0.2, 0.25) is 0 Å². The van der Waals surface area contributed by atoms with Crippen molar-refractivity contribution in [1.82, 2.24) is 19.3 Å². The fourth-order valence-corrected chi connectivity index (χ4v) is 3.11. The lowest BCUT2D eigenvalue weighted by atomic mass is 10.2. The van der Waals surface area contributed by atoms with E-state index in [-0.39, 0.29) is 5.91 Å². The molecule has 0 spiro atoms. The van der Waals surface area contributed by atoms with E-state index in [1.807, 2.05) is 73.3 Å². The maximum Gasteiger partial charge on any atom is 0.272 e. The number of anilines is 1. The molecule has 26 heavy (non-hydrogen) atoms. The third kappa shape index (κ3) is 2.97. The molecule has 0 radical (unpaired) electrons. The highest BCUT2D eigenvalue weighted by Crippen LogP contribution is 2.20. The van der Waals surface area contributed by atoms with Crippen LogP contribution < -0.4 is 5.32 Å². The third-order valence-corrected chi connectivity index (χ3v) is 4.38. The van der Waals surface area contributed by atoms with Crippen molar-refractivity contribution in [2.45, 2.75) is 13.5 Å². The van der Waals surface area contributed by atoms with E-state index in [0.717, 1.165) is 22.3 Å². The zero-order valence-electron chi connectivity index (χ0n) is 14.7. The smallest absolute Gasteiger partial charge is 0.272 e. The van der Waals surface area contributed by atoms with Crippen molar-refractivity contribution in [2.75, 3.05) is 5.32 Å². The molecule has 3 heterocycles. The number of benzene rings is 1. The number of aryl methyl sites for hydroxylation is 2. The van der Waals surface area contributed by atoms with Crippen molar-refractivity contribution in [2.24, 2.45) is 7.05 Å². The zero-order chi connectivity index (χ0) is 18.1. The fourth-order valence-electron chi connectivity index (χ4n) is 3.11. The average molecular weight is 345 g/mol. The lowest BCUT2D eigenvalue weighted by molar-refractivity contribution is 0.101. The Balaban J connectivity index is 1.57. The molecule has 1 amide bonds. The Labute approximate surface area is 151 Å². The number of hydrogen-bond donors (Lipinski definition) is 1. The summed E-state index contributed by atoms with van der Waals surface area (Å²) < 4.78 is 3.67. The number of aromatic nitrogens is 4. The van der Waals surface area contributed by atoms with Gasteiger partial charge in [-0.25, -0.2) is 4.98 Å². The summed E-state index contributed by atoms with van der Waals surface area (Å²) in [5.74, 6) is -0.159. The first kappa shape index (κ1) is 16.1. The number of pyridine rings is 1. The first-order chi connectivity index (χ1) is 12.6. The summed E-state index contributed by atoms with van der Waals surface area (Å²) in [5.41, 5.74) is 4.10. The number of carbonyl (C=O) groups is 1. The molecule has 0 unspecified atom stereocenters. The molecule has 0 fully saturated rings. The minimum absolute atomic E-state index is 0.159. The molecule has 0 aliphatic rings. The highest BCUT2D eigenvalue weighted by atomic mass is 16.1. The van der Waals surface area contributed by atoms with Crippen molar-refractivity contribution in [3.05, 3.63) is 77.9 Å². The normalized spacial score (nSPS) is 11.0. The van der Waals surface area contributed by atoms with Gasteiger partial charge < -0.3 is 9.88 Å². The van der Waals surface area contributed by atoms with Crippen LogP contribution in [0.3, 0.4) is 0 Å². The van der Waals surface area contributed by atoms with Gasteiger partial charge in [-0.1, -0.05) is 30.3 Å². The van der Waals surface area contributed by atoms with Gasteiger partial charge in [0.15, 0.2) is 5.65 Å². The Morgan fingerprint density at radius 3 is 2.77 bits per heavy atom. The molecule has 0 saturated carbocycles. The van der Waals surface area contributed by atoms with Crippen LogP contribution in [0, 0.1) is 6.92 Å². The van der Waals surface area contributed by atoms with Crippen molar-refractivity contribution >= 4 is 22.6 Å². The van der Waals surface area contributed by atoms with Crippen molar-refractivity contribution < 1.29 is 4.79 Å². The summed E-state index contributed by atoms with van der Waals surface area (Å²) in [7, 11) is 1.86. The summed E-state index contributed by atoms with van der Waals surface area (Å²) in [6.07, 6.45) is 3.57. The van der Waals surface area contributed by atoms with E-state index in [1.54, 1.807) is 10.9 Å². The molecule has 0 aliphatic heterocycles. The van der Waals surface area contributed by atoms with Gasteiger partial charge in [0.1, 0.15) is 5.69 Å². The Hall–Kier alpha value is -3.41. The predicted molar refractivity (Wildman–Crippen MR) is 101 cm³/mol. The molecule has 6 nitrogen and oxygen atoms in total. The van der Waals surface area contributed by atoms with Gasteiger partial charge in [0.2, 0.25) is 0 Å². The van der Waals surface area contributed by atoms with Gasteiger partial charge in [-0.05, 0) is 30.7 Å². The minimum Gasteiger partial charge on any atom is -0.339 e. The monoisotopic (exact) mass is 345 g/mol. The van der Waals surface area contributed by atoms with Gasteiger partial charge in [-0.15, -0.1) is 0 Å². The molecule has 4 aromatic rings. The number of fused-ring (bicyclic) bond motifs is 1. The molecule has 130 valence electrons. The average Bonchev–Trinajstić information content (AvgIpc) is 3.21. The topological polar surface area (TPSA) is 64.7 Å². The van der Waals surface area contributed by atoms with E-state index in [9.17, 15) is 4.79 Å². The standard InChI is InChI=1S/C20H19N5O/c1-14-17-11-16(12-21-19(17)24(2)23-14)22-20(26)18-9-6-10-25(18)13-15-7-4-3-5-8-15/h3-12H,13H2,1-2H3,(H,22,26). The highest BCUT2D eigenvalue weighted by Gasteiger charge is 2.13. The lowest BCUT2D eigenvalue weighted by Gasteiger charge is -2.10. The van der Waals surface area contributed by atoms with Crippen LogP contribution in [0.25, 0.3) is 11.0 Å². The van der Waals surface area contributed by atoms with E-state index in [4.69, 9.17) is 0 Å². The van der Waals surface area contributed by atoms with E-state index in [1.165, 1.54) is 0 Å². The van der Waals surface area contributed by atoms with Crippen LogP contribution in [0.1, 0.15) is 21.7 Å². The van der Waals surface area contributed by atoms with Crippen LogP contribution >= 0.6 is 0 Å². The molecule has 6 heteroatoms. The molecule has 0 bridgehead atoms. The molecule has 4 rings (SSSR count). The highest BCUT2D eigenvalue weighted by molar-refractivity contribution is 6.03. The van der Waals surface area contributed by atoms with Crippen LogP contribution in [0.4, 0.5) is 5.69 Å². The summed E-state index contributed by atoms with van der Waals surface area (Å²) in [6.45, 7) is 2.58. The Bertz CT molecular complexity index is 1080. The third-order valence-electron chi connectivity index (χ3n) is 4.38. The predicted octanol–water partition coefficient (Wildman–Crippen LogP) is 3.38. The van der Waals surface area contributed by atoms with Crippen LogP contribution in [0.5, 0.6) is 0 Å². The van der Waals surface area contributed by atoms with Crippen molar-refractivity contribution in [1.29, 1.82) is 0 Å². The van der Waals surface area contributed by atoms with Gasteiger partial charge in [0.25, 0.3) is 5.91 Å². The van der Waals surface area contributed by atoms with E-state index in [2.05, 4.69) is 15.4 Å². The molecular formula is C20H19N5O. The summed E-state index contributed by atoms with van der Waals surface area (Å²) in [4.78, 5) is 17.1. The second-order valence-corrected chi connectivity index (χ2v) is 6.27. The minimum atomic E-state index is -0.159. The van der Waals surface area contributed by atoms with Gasteiger partial charge >= 0.3 is 0 Å². The number of hydrogen-bond acceptors (Lipinski definition) is 3. The number of carbonyl (C=O) groups excluding carboxylic acids is 1. The Morgan fingerprint density at radius 1 is 1.15 bits per heavy atom. The molecule has 0 saturated heterocycles. The molecular weight excluding hydrogens is 326 g/mol. The fraction of sp³-hybridized carbons (Fsp3) is 0.150. The van der Waals surface area contributed by atoms with Gasteiger partial charge in [-0.3, -0.25) is 9.48 Å².